The second kappa shape index (κ2) is 12.6. The lowest BCUT2D eigenvalue weighted by Gasteiger charge is -2.16. The van der Waals surface area contributed by atoms with Crippen molar-refractivity contribution in [2.24, 2.45) is 5.73 Å². The van der Waals surface area contributed by atoms with Gasteiger partial charge in [-0.15, -0.1) is 0 Å². The molecule has 1 unspecified atom stereocenters. The fourth-order valence-corrected chi connectivity index (χ4v) is 3.75. The molecule has 3 N–H and O–H groups in total. The summed E-state index contributed by atoms with van der Waals surface area (Å²) in [5.41, 5.74) is 1.62. The van der Waals surface area contributed by atoms with Crippen molar-refractivity contribution in [3.05, 3.63) is 76.4 Å². The maximum Gasteiger partial charge on any atom is 0.417 e. The SMILES string of the molecule is CCC(N)=O.O=C(CC(F)(F)F)NC1CCc2cc(C(=O)C=C(c3cccc(C(F)(F)F)c3)C(F)(F)F)ccc21. The van der Waals surface area contributed by atoms with Gasteiger partial charge in [0.2, 0.25) is 11.8 Å². The molecule has 2 aromatic carbocycles. The third-order valence-corrected chi connectivity index (χ3v) is 5.63. The summed E-state index contributed by atoms with van der Waals surface area (Å²) >= 11 is 0. The molecule has 0 fully saturated rings. The van der Waals surface area contributed by atoms with E-state index in [0.29, 0.717) is 29.7 Å². The molecule has 0 radical (unpaired) electrons. The summed E-state index contributed by atoms with van der Waals surface area (Å²) in [5.74, 6) is -2.61. The number of aryl methyl sites for hydroxylation is 1. The molecule has 5 nitrogen and oxygen atoms in total. The van der Waals surface area contributed by atoms with Crippen molar-refractivity contribution in [3.63, 3.8) is 0 Å². The number of rotatable bonds is 6. The van der Waals surface area contributed by atoms with Crippen LogP contribution in [0.5, 0.6) is 0 Å². The molecule has 0 saturated carbocycles. The molecule has 1 aliphatic carbocycles. The Morgan fingerprint density at radius 2 is 1.57 bits per heavy atom. The number of nitrogens with two attached hydrogens (primary N) is 1. The Hall–Kier alpha value is -3.84. The molecule has 1 aliphatic rings. The quantitative estimate of drug-likeness (QED) is 0.233. The van der Waals surface area contributed by atoms with Crippen LogP contribution < -0.4 is 11.1 Å². The lowest BCUT2D eigenvalue weighted by atomic mass is 9.97. The molecule has 0 saturated heterocycles. The fourth-order valence-electron chi connectivity index (χ4n) is 3.75. The maximum atomic E-state index is 13.6. The second-order valence-electron chi connectivity index (χ2n) is 8.68. The summed E-state index contributed by atoms with van der Waals surface area (Å²) in [6.07, 6.45) is -15.3. The third-order valence-electron chi connectivity index (χ3n) is 5.63. The minimum atomic E-state index is -5.13. The van der Waals surface area contributed by atoms with E-state index in [1.165, 1.54) is 12.1 Å². The first kappa shape index (κ1) is 32.4. The number of hydrogen-bond acceptors (Lipinski definition) is 3. The van der Waals surface area contributed by atoms with Gasteiger partial charge in [-0.25, -0.2) is 0 Å². The second-order valence-corrected chi connectivity index (χ2v) is 8.68. The van der Waals surface area contributed by atoms with Crippen molar-refractivity contribution >= 4 is 23.2 Å². The summed E-state index contributed by atoms with van der Waals surface area (Å²) in [7, 11) is 0. The van der Waals surface area contributed by atoms with Crippen molar-refractivity contribution in [1.82, 2.24) is 5.32 Å². The molecule has 2 aromatic rings. The first-order chi connectivity index (χ1) is 18.3. The molecule has 14 heteroatoms. The molecule has 40 heavy (non-hydrogen) atoms. The van der Waals surface area contributed by atoms with Gasteiger partial charge in [-0.2, -0.15) is 39.5 Å². The Balaban J connectivity index is 0.00000103. The predicted octanol–water partition coefficient (Wildman–Crippen LogP) is 6.47. The molecule has 218 valence electrons. The van der Waals surface area contributed by atoms with Gasteiger partial charge in [-0.1, -0.05) is 31.2 Å². The van der Waals surface area contributed by atoms with Crippen LogP contribution in [-0.4, -0.2) is 30.0 Å². The summed E-state index contributed by atoms with van der Waals surface area (Å²) in [6.45, 7) is 1.72. The van der Waals surface area contributed by atoms with Gasteiger partial charge in [0.25, 0.3) is 0 Å². The van der Waals surface area contributed by atoms with Gasteiger partial charge in [0.1, 0.15) is 6.42 Å². The monoisotopic (exact) mass is 582 g/mol. The zero-order valence-corrected chi connectivity index (χ0v) is 20.7. The molecular weight excluding hydrogens is 559 g/mol. The highest BCUT2D eigenvalue weighted by Crippen LogP contribution is 2.38. The molecule has 0 aromatic heterocycles. The van der Waals surface area contributed by atoms with Crippen LogP contribution in [0.3, 0.4) is 0 Å². The Kier molecular flexibility index (Phi) is 10.2. The number of ketones is 1. The van der Waals surface area contributed by atoms with Crippen LogP contribution in [0, 0.1) is 0 Å². The fraction of sp³-hybridized carbons (Fsp3) is 0.346. The molecule has 1 atom stereocenters. The van der Waals surface area contributed by atoms with E-state index >= 15 is 0 Å². The van der Waals surface area contributed by atoms with Gasteiger partial charge in [0, 0.05) is 12.0 Å². The smallest absolute Gasteiger partial charge is 0.370 e. The van der Waals surface area contributed by atoms with E-state index in [-0.39, 0.29) is 30.4 Å². The number of alkyl halides is 9. The predicted molar refractivity (Wildman–Crippen MR) is 126 cm³/mol. The number of carbonyl (C=O) groups excluding carboxylic acids is 3. The normalized spacial score (nSPS) is 15.6. The molecule has 3 rings (SSSR count). The lowest BCUT2D eigenvalue weighted by molar-refractivity contribution is -0.154. The highest BCUT2D eigenvalue weighted by atomic mass is 19.4. The van der Waals surface area contributed by atoms with Crippen LogP contribution in [0.15, 0.2) is 48.5 Å². The zero-order valence-electron chi connectivity index (χ0n) is 20.7. The van der Waals surface area contributed by atoms with Crippen LogP contribution in [-0.2, 0) is 22.2 Å². The number of halogens is 9. The Labute approximate surface area is 222 Å². The van der Waals surface area contributed by atoms with Crippen molar-refractivity contribution in [2.45, 2.75) is 57.2 Å². The van der Waals surface area contributed by atoms with Crippen LogP contribution >= 0.6 is 0 Å². The zero-order chi connectivity index (χ0) is 30.5. The van der Waals surface area contributed by atoms with Gasteiger partial charge in [-0.05, 0) is 53.8 Å². The molecular formula is C26H23F9N2O3. The molecule has 0 aliphatic heterocycles. The van der Waals surface area contributed by atoms with Gasteiger partial charge < -0.3 is 11.1 Å². The Morgan fingerprint density at radius 1 is 0.950 bits per heavy atom. The number of primary amides is 1. The van der Waals surface area contributed by atoms with E-state index in [4.69, 9.17) is 0 Å². The van der Waals surface area contributed by atoms with E-state index < -0.39 is 59.4 Å². The number of carbonyl (C=O) groups is 3. The molecule has 0 heterocycles. The molecule has 0 spiro atoms. The van der Waals surface area contributed by atoms with Crippen molar-refractivity contribution in [3.8, 4) is 0 Å². The Morgan fingerprint density at radius 3 is 2.10 bits per heavy atom. The number of allylic oxidation sites excluding steroid dienone is 2. The minimum Gasteiger partial charge on any atom is -0.370 e. The highest BCUT2D eigenvalue weighted by molar-refractivity contribution is 6.09. The van der Waals surface area contributed by atoms with Crippen molar-refractivity contribution in [2.75, 3.05) is 0 Å². The average molecular weight is 582 g/mol. The first-order valence-electron chi connectivity index (χ1n) is 11.6. The van der Waals surface area contributed by atoms with Crippen LogP contribution in [0.25, 0.3) is 5.57 Å². The van der Waals surface area contributed by atoms with Crippen LogP contribution in [0.4, 0.5) is 39.5 Å². The summed E-state index contributed by atoms with van der Waals surface area (Å²) in [4.78, 5) is 33.7. The number of fused-ring (bicyclic) bond motifs is 1. The average Bonchev–Trinajstić information content (AvgIpc) is 3.22. The first-order valence-corrected chi connectivity index (χ1v) is 11.6. The van der Waals surface area contributed by atoms with Gasteiger partial charge >= 0.3 is 18.5 Å². The van der Waals surface area contributed by atoms with Gasteiger partial charge in [0.15, 0.2) is 5.78 Å². The number of nitrogens with one attached hydrogen (secondary N) is 1. The van der Waals surface area contributed by atoms with E-state index in [9.17, 15) is 53.9 Å². The van der Waals surface area contributed by atoms with Gasteiger partial charge in [-0.3, -0.25) is 14.4 Å². The lowest BCUT2D eigenvalue weighted by Crippen LogP contribution is -2.31. The standard InChI is InChI=1S/C23H16F9NO2.C3H7NO/c24-21(25,26)11-20(35)33-18-7-5-12-8-14(4-6-16(12)18)19(34)10-17(23(30,31)32)13-2-1-3-15(9-13)22(27,28)29;1-2-3(4)5/h1-4,6,8-10,18H,5,7,11H2,(H,33,35);2H2,1H3,(H2,4,5). The van der Waals surface area contributed by atoms with E-state index in [2.05, 4.69) is 11.1 Å². The molecule has 0 bridgehead atoms. The van der Waals surface area contributed by atoms with Crippen molar-refractivity contribution in [1.29, 1.82) is 0 Å². The number of amides is 2. The Bertz CT molecular complexity index is 1280. The van der Waals surface area contributed by atoms with Crippen LogP contribution in [0.2, 0.25) is 0 Å². The van der Waals surface area contributed by atoms with E-state index in [1.54, 1.807) is 6.92 Å². The van der Waals surface area contributed by atoms with Crippen molar-refractivity contribution < 1.29 is 53.9 Å². The van der Waals surface area contributed by atoms with E-state index in [1.807, 2.05) is 0 Å². The highest BCUT2D eigenvalue weighted by Gasteiger charge is 2.38. The number of hydrogen-bond donors (Lipinski definition) is 2. The van der Waals surface area contributed by atoms with E-state index in [0.717, 1.165) is 18.2 Å². The molecule has 2 amide bonds. The largest absolute Gasteiger partial charge is 0.417 e. The van der Waals surface area contributed by atoms with Gasteiger partial charge in [0.05, 0.1) is 17.2 Å². The minimum absolute atomic E-state index is 0.195. The maximum absolute atomic E-state index is 13.6. The summed E-state index contributed by atoms with van der Waals surface area (Å²) in [6, 6.07) is 5.46. The topological polar surface area (TPSA) is 89.3 Å². The third kappa shape index (κ3) is 9.42. The number of benzene rings is 2. The summed E-state index contributed by atoms with van der Waals surface area (Å²) < 4.78 is 117. The van der Waals surface area contributed by atoms with Crippen LogP contribution in [0.1, 0.15) is 64.8 Å². The summed E-state index contributed by atoms with van der Waals surface area (Å²) in [5, 5.41) is 2.23.